The van der Waals surface area contributed by atoms with Crippen LogP contribution in [-0.2, 0) is 11.2 Å². The highest BCUT2D eigenvalue weighted by Gasteiger charge is 2.23. The molecule has 1 heterocycles. The number of piperidine rings is 1. The molecule has 22 heavy (non-hydrogen) atoms. The second kappa shape index (κ2) is 9.06. The quantitative estimate of drug-likeness (QED) is 0.899. The minimum Gasteiger partial charge on any atom is -0.342 e. The average molecular weight is 333 g/mol. The van der Waals surface area contributed by atoms with Gasteiger partial charge in [0, 0.05) is 18.7 Å². The molecule has 1 aliphatic heterocycles. The number of likely N-dealkylation sites (tertiary alicyclic amines) is 1. The molecule has 1 amide bonds. The van der Waals surface area contributed by atoms with Crippen LogP contribution in [0.15, 0.2) is 18.2 Å². The largest absolute Gasteiger partial charge is 0.342 e. The number of hydrogen-bond acceptors (Lipinski definition) is 2. The summed E-state index contributed by atoms with van der Waals surface area (Å²) >= 11 is 0. The summed E-state index contributed by atoms with van der Waals surface area (Å²) in [5.74, 6) is -1.28. The summed E-state index contributed by atoms with van der Waals surface area (Å²) in [7, 11) is 1.94. The van der Waals surface area contributed by atoms with E-state index >= 15 is 0 Å². The van der Waals surface area contributed by atoms with Crippen LogP contribution in [0.1, 0.15) is 24.8 Å². The van der Waals surface area contributed by atoms with Gasteiger partial charge in [-0.15, -0.1) is 12.4 Å². The number of halogens is 3. The molecule has 0 atom stereocenters. The Balaban J connectivity index is 0.00000242. The number of amides is 1. The van der Waals surface area contributed by atoms with Gasteiger partial charge in [-0.05, 0) is 44.8 Å². The van der Waals surface area contributed by atoms with Crippen LogP contribution in [0.5, 0.6) is 0 Å². The maximum Gasteiger partial charge on any atom is 0.227 e. The number of nitrogens with one attached hydrogen (secondary N) is 1. The van der Waals surface area contributed by atoms with Crippen LogP contribution in [-0.4, -0.2) is 37.5 Å². The number of rotatable bonds is 5. The summed E-state index contributed by atoms with van der Waals surface area (Å²) in [5, 5.41) is 3.14. The maximum atomic E-state index is 13.6. The van der Waals surface area contributed by atoms with E-state index in [0.29, 0.717) is 19.0 Å². The zero-order chi connectivity index (χ0) is 15.2. The molecule has 2 rings (SSSR count). The Morgan fingerprint density at radius 2 is 2.00 bits per heavy atom. The topological polar surface area (TPSA) is 32.3 Å². The van der Waals surface area contributed by atoms with Crippen molar-refractivity contribution in [3.63, 3.8) is 0 Å². The third-order valence-corrected chi connectivity index (χ3v) is 4.14. The van der Waals surface area contributed by atoms with Crippen LogP contribution in [0.25, 0.3) is 0 Å². The van der Waals surface area contributed by atoms with Crippen molar-refractivity contribution >= 4 is 18.3 Å². The molecular formula is C16H23ClF2N2O. The van der Waals surface area contributed by atoms with Gasteiger partial charge in [0.25, 0.3) is 0 Å². The molecule has 0 aromatic heterocycles. The van der Waals surface area contributed by atoms with E-state index in [4.69, 9.17) is 0 Å². The molecule has 1 aliphatic rings. The number of benzene rings is 1. The van der Waals surface area contributed by atoms with Gasteiger partial charge in [-0.3, -0.25) is 4.79 Å². The lowest BCUT2D eigenvalue weighted by molar-refractivity contribution is -0.131. The minimum absolute atomic E-state index is 0. The van der Waals surface area contributed by atoms with E-state index in [9.17, 15) is 13.6 Å². The highest BCUT2D eigenvalue weighted by atomic mass is 35.5. The van der Waals surface area contributed by atoms with Gasteiger partial charge in [-0.1, -0.05) is 12.1 Å². The number of carbonyl (C=O) groups is 1. The lowest BCUT2D eigenvalue weighted by Crippen LogP contribution is -2.39. The zero-order valence-electron chi connectivity index (χ0n) is 12.8. The smallest absolute Gasteiger partial charge is 0.227 e. The fourth-order valence-corrected chi connectivity index (χ4v) is 2.78. The fraction of sp³-hybridized carbons (Fsp3) is 0.562. The van der Waals surface area contributed by atoms with Gasteiger partial charge in [-0.25, -0.2) is 8.78 Å². The van der Waals surface area contributed by atoms with Crippen LogP contribution < -0.4 is 5.32 Å². The molecule has 0 spiro atoms. The fourth-order valence-electron chi connectivity index (χ4n) is 2.78. The Morgan fingerprint density at radius 3 is 2.64 bits per heavy atom. The van der Waals surface area contributed by atoms with Crippen LogP contribution in [0.3, 0.4) is 0 Å². The van der Waals surface area contributed by atoms with E-state index in [-0.39, 0.29) is 30.3 Å². The molecule has 0 saturated carbocycles. The van der Waals surface area contributed by atoms with E-state index in [1.807, 2.05) is 7.05 Å². The summed E-state index contributed by atoms with van der Waals surface area (Å²) < 4.78 is 26.7. The lowest BCUT2D eigenvalue weighted by atomic mass is 9.93. The molecule has 0 unspecified atom stereocenters. The highest BCUT2D eigenvalue weighted by Crippen LogP contribution is 2.21. The van der Waals surface area contributed by atoms with Crippen molar-refractivity contribution in [3.8, 4) is 0 Å². The van der Waals surface area contributed by atoms with Crippen molar-refractivity contribution in [2.75, 3.05) is 26.7 Å². The summed E-state index contributed by atoms with van der Waals surface area (Å²) in [4.78, 5) is 13.9. The molecule has 0 aliphatic carbocycles. The second-order valence-corrected chi connectivity index (χ2v) is 5.61. The van der Waals surface area contributed by atoms with Crippen LogP contribution in [0, 0.1) is 17.6 Å². The van der Waals surface area contributed by atoms with Crippen molar-refractivity contribution in [2.24, 2.45) is 5.92 Å². The molecule has 1 fully saturated rings. The first-order valence-corrected chi connectivity index (χ1v) is 7.47. The van der Waals surface area contributed by atoms with Crippen LogP contribution in [0.2, 0.25) is 0 Å². The molecule has 1 aromatic rings. The molecule has 1 aromatic carbocycles. The van der Waals surface area contributed by atoms with Crippen molar-refractivity contribution < 1.29 is 13.6 Å². The monoisotopic (exact) mass is 332 g/mol. The van der Waals surface area contributed by atoms with E-state index in [1.54, 1.807) is 4.90 Å². The first-order chi connectivity index (χ1) is 10.1. The first-order valence-electron chi connectivity index (χ1n) is 7.47. The second-order valence-electron chi connectivity index (χ2n) is 5.61. The zero-order valence-corrected chi connectivity index (χ0v) is 13.6. The van der Waals surface area contributed by atoms with E-state index in [0.717, 1.165) is 31.9 Å². The first kappa shape index (κ1) is 18.8. The van der Waals surface area contributed by atoms with Gasteiger partial charge in [-0.2, -0.15) is 0 Å². The molecule has 0 bridgehead atoms. The lowest BCUT2D eigenvalue weighted by Gasteiger charge is -2.32. The maximum absolute atomic E-state index is 13.6. The normalized spacial score (nSPS) is 15.5. The third kappa shape index (κ3) is 4.92. The predicted octanol–water partition coefficient (Wildman–Crippen LogP) is 2.78. The Morgan fingerprint density at radius 1 is 1.32 bits per heavy atom. The molecular weight excluding hydrogens is 310 g/mol. The summed E-state index contributed by atoms with van der Waals surface area (Å²) in [5.41, 5.74) is 0.136. The van der Waals surface area contributed by atoms with Gasteiger partial charge in [0.15, 0.2) is 11.6 Å². The van der Waals surface area contributed by atoms with Crippen molar-refractivity contribution in [2.45, 2.75) is 25.7 Å². The minimum atomic E-state index is -0.908. The Labute approximate surface area is 136 Å². The van der Waals surface area contributed by atoms with Crippen LogP contribution in [0.4, 0.5) is 8.78 Å². The van der Waals surface area contributed by atoms with Gasteiger partial charge >= 0.3 is 0 Å². The van der Waals surface area contributed by atoms with E-state index < -0.39 is 11.6 Å². The van der Waals surface area contributed by atoms with Crippen molar-refractivity contribution in [1.82, 2.24) is 10.2 Å². The molecule has 3 nitrogen and oxygen atoms in total. The highest BCUT2D eigenvalue weighted by molar-refractivity contribution is 5.85. The Kier molecular flexibility index (Phi) is 7.76. The van der Waals surface area contributed by atoms with Gasteiger partial charge in [0.1, 0.15) is 0 Å². The molecule has 1 N–H and O–H groups in total. The van der Waals surface area contributed by atoms with E-state index in [2.05, 4.69) is 5.32 Å². The molecule has 1 saturated heterocycles. The molecule has 0 radical (unpaired) electrons. The number of nitrogens with zero attached hydrogens (tertiary/aromatic N) is 1. The summed E-state index contributed by atoms with van der Waals surface area (Å²) in [6, 6.07) is 3.97. The van der Waals surface area contributed by atoms with Crippen molar-refractivity contribution in [3.05, 3.63) is 35.4 Å². The molecule has 6 heteroatoms. The third-order valence-electron chi connectivity index (χ3n) is 4.14. The SMILES string of the molecule is CNCCC1CCN(C(=O)Cc2cccc(F)c2F)CC1.Cl. The Hall–Kier alpha value is -1.20. The Bertz CT molecular complexity index is 491. The standard InChI is InChI=1S/C16H22F2N2O.ClH/c1-19-8-5-12-6-9-20(10-7-12)15(21)11-13-3-2-4-14(17)16(13)18;/h2-4,12,19H,5-11H2,1H3;1H. The van der Waals surface area contributed by atoms with Gasteiger partial charge in [0.2, 0.25) is 5.91 Å². The average Bonchev–Trinajstić information content (AvgIpc) is 2.50. The van der Waals surface area contributed by atoms with Crippen LogP contribution >= 0.6 is 12.4 Å². The van der Waals surface area contributed by atoms with Gasteiger partial charge in [0.05, 0.1) is 6.42 Å². The van der Waals surface area contributed by atoms with E-state index in [1.165, 1.54) is 12.1 Å². The summed E-state index contributed by atoms with van der Waals surface area (Å²) in [6.07, 6.45) is 3.03. The van der Waals surface area contributed by atoms with Gasteiger partial charge < -0.3 is 10.2 Å². The van der Waals surface area contributed by atoms with Crippen molar-refractivity contribution in [1.29, 1.82) is 0 Å². The predicted molar refractivity (Wildman–Crippen MR) is 85.2 cm³/mol. The summed E-state index contributed by atoms with van der Waals surface area (Å²) in [6.45, 7) is 2.42. The number of carbonyl (C=O) groups excluding carboxylic acids is 1. The molecule has 124 valence electrons. The number of hydrogen-bond donors (Lipinski definition) is 1.